The standard InChI is InChI=1S/C18H23ClO3/c19-14-8-3-6-13(11-14)16(17(20)21)18(22)10-4-7-12-5-1-2-9-15(12)18/h3,6,8,11-12,15-16,22H,1-2,4-5,7,9-10H2,(H,20,21)/t12-,15-,16+,18+/m1/s1. The lowest BCUT2D eigenvalue weighted by atomic mass is 9.58. The monoisotopic (exact) mass is 322 g/mol. The first-order valence-electron chi connectivity index (χ1n) is 8.23. The molecule has 0 unspecified atom stereocenters. The second kappa shape index (κ2) is 6.21. The molecule has 4 heteroatoms. The Morgan fingerprint density at radius 2 is 1.95 bits per heavy atom. The van der Waals surface area contributed by atoms with Gasteiger partial charge < -0.3 is 10.2 Å². The minimum absolute atomic E-state index is 0.0927. The van der Waals surface area contributed by atoms with Gasteiger partial charge in [-0.2, -0.15) is 0 Å². The number of hydrogen-bond donors (Lipinski definition) is 2. The number of carboxylic acid groups (broad SMARTS) is 1. The van der Waals surface area contributed by atoms with E-state index in [1.54, 1.807) is 24.3 Å². The smallest absolute Gasteiger partial charge is 0.313 e. The van der Waals surface area contributed by atoms with Crippen LogP contribution in [0.5, 0.6) is 0 Å². The van der Waals surface area contributed by atoms with Crippen LogP contribution >= 0.6 is 11.6 Å². The minimum atomic E-state index is -1.15. The highest BCUT2D eigenvalue weighted by Crippen LogP contribution is 2.51. The van der Waals surface area contributed by atoms with Crippen LogP contribution in [0.4, 0.5) is 0 Å². The zero-order valence-electron chi connectivity index (χ0n) is 12.7. The average molecular weight is 323 g/mol. The molecule has 120 valence electrons. The molecule has 0 bridgehead atoms. The molecule has 0 aliphatic heterocycles. The second-order valence-electron chi connectivity index (χ2n) is 6.86. The molecule has 2 aliphatic rings. The fourth-order valence-corrected chi connectivity index (χ4v) is 4.93. The Labute approximate surface area is 136 Å². The van der Waals surface area contributed by atoms with Crippen LogP contribution in [0, 0.1) is 11.8 Å². The molecule has 2 N–H and O–H groups in total. The van der Waals surface area contributed by atoms with E-state index >= 15 is 0 Å². The van der Waals surface area contributed by atoms with Crippen molar-refractivity contribution in [3.8, 4) is 0 Å². The molecule has 2 fully saturated rings. The Morgan fingerprint density at radius 1 is 1.23 bits per heavy atom. The summed E-state index contributed by atoms with van der Waals surface area (Å²) in [5, 5.41) is 21.8. The number of aliphatic carboxylic acids is 1. The first kappa shape index (κ1) is 15.8. The summed E-state index contributed by atoms with van der Waals surface area (Å²) in [6.07, 6.45) is 6.94. The van der Waals surface area contributed by atoms with Crippen LogP contribution in [0.2, 0.25) is 5.02 Å². The highest BCUT2D eigenvalue weighted by atomic mass is 35.5. The molecule has 1 aromatic carbocycles. The Kier molecular flexibility index (Phi) is 4.47. The van der Waals surface area contributed by atoms with Gasteiger partial charge in [-0.1, -0.05) is 49.4 Å². The van der Waals surface area contributed by atoms with Crippen molar-refractivity contribution < 1.29 is 15.0 Å². The molecule has 22 heavy (non-hydrogen) atoms. The minimum Gasteiger partial charge on any atom is -0.481 e. The number of carboxylic acids is 1. The van der Waals surface area contributed by atoms with Gasteiger partial charge in [0.2, 0.25) is 0 Å². The SMILES string of the molecule is O=C(O)[C@H](c1cccc(Cl)c1)[C@]1(O)CCC[C@H]2CCCC[C@H]21. The lowest BCUT2D eigenvalue weighted by molar-refractivity contribution is -0.158. The van der Waals surface area contributed by atoms with E-state index in [9.17, 15) is 15.0 Å². The highest BCUT2D eigenvalue weighted by molar-refractivity contribution is 6.30. The number of aliphatic hydroxyl groups is 1. The summed E-state index contributed by atoms with van der Waals surface area (Å²) in [7, 11) is 0. The van der Waals surface area contributed by atoms with Crippen molar-refractivity contribution in [1.29, 1.82) is 0 Å². The van der Waals surface area contributed by atoms with E-state index in [4.69, 9.17) is 11.6 Å². The van der Waals surface area contributed by atoms with Crippen LogP contribution in [-0.4, -0.2) is 21.8 Å². The van der Waals surface area contributed by atoms with Crippen LogP contribution in [-0.2, 0) is 4.79 Å². The lowest BCUT2D eigenvalue weighted by Crippen LogP contribution is -2.52. The molecular formula is C18H23ClO3. The van der Waals surface area contributed by atoms with Crippen molar-refractivity contribution >= 4 is 17.6 Å². The van der Waals surface area contributed by atoms with E-state index in [1.165, 1.54) is 6.42 Å². The van der Waals surface area contributed by atoms with Crippen molar-refractivity contribution in [2.75, 3.05) is 0 Å². The largest absolute Gasteiger partial charge is 0.481 e. The fourth-order valence-electron chi connectivity index (χ4n) is 4.73. The van der Waals surface area contributed by atoms with Crippen LogP contribution in [0.1, 0.15) is 56.4 Å². The summed E-state index contributed by atoms with van der Waals surface area (Å²) in [6, 6.07) is 6.95. The quantitative estimate of drug-likeness (QED) is 0.875. The Balaban J connectivity index is 2.00. The summed E-state index contributed by atoms with van der Waals surface area (Å²) in [5.41, 5.74) is -0.534. The van der Waals surface area contributed by atoms with Gasteiger partial charge in [-0.05, 0) is 48.8 Å². The van der Waals surface area contributed by atoms with Gasteiger partial charge in [0.05, 0.1) is 5.60 Å². The fraction of sp³-hybridized carbons (Fsp3) is 0.611. The van der Waals surface area contributed by atoms with Crippen molar-refractivity contribution in [3.63, 3.8) is 0 Å². The van der Waals surface area contributed by atoms with E-state index in [0.717, 1.165) is 32.1 Å². The zero-order chi connectivity index (χ0) is 15.7. The number of fused-ring (bicyclic) bond motifs is 1. The summed E-state index contributed by atoms with van der Waals surface area (Å²) in [4.78, 5) is 12.0. The van der Waals surface area contributed by atoms with E-state index in [1.807, 2.05) is 0 Å². The predicted molar refractivity (Wildman–Crippen MR) is 86.1 cm³/mol. The van der Waals surface area contributed by atoms with Crippen molar-refractivity contribution in [2.24, 2.45) is 11.8 Å². The summed E-state index contributed by atoms with van der Waals surface area (Å²) in [6.45, 7) is 0. The molecule has 0 heterocycles. The molecule has 3 rings (SSSR count). The Hall–Kier alpha value is -1.06. The van der Waals surface area contributed by atoms with Crippen LogP contribution in [0.25, 0.3) is 0 Å². The van der Waals surface area contributed by atoms with Gasteiger partial charge in [0.1, 0.15) is 5.92 Å². The normalized spacial score (nSPS) is 33.0. The topological polar surface area (TPSA) is 57.5 Å². The third-order valence-corrected chi connectivity index (χ3v) is 5.87. The predicted octanol–water partition coefficient (Wildman–Crippen LogP) is 4.23. The number of carbonyl (C=O) groups is 1. The van der Waals surface area contributed by atoms with Gasteiger partial charge in [0.25, 0.3) is 0 Å². The molecule has 0 spiro atoms. The summed E-state index contributed by atoms with van der Waals surface area (Å²) in [5.74, 6) is -1.28. The molecular weight excluding hydrogens is 300 g/mol. The lowest BCUT2D eigenvalue weighted by Gasteiger charge is -2.50. The maximum Gasteiger partial charge on any atom is 0.313 e. The first-order chi connectivity index (χ1) is 10.5. The van der Waals surface area contributed by atoms with Gasteiger partial charge in [-0.3, -0.25) is 4.79 Å². The maximum atomic E-state index is 12.0. The van der Waals surface area contributed by atoms with E-state index in [-0.39, 0.29) is 5.92 Å². The van der Waals surface area contributed by atoms with Crippen LogP contribution < -0.4 is 0 Å². The first-order valence-corrected chi connectivity index (χ1v) is 8.61. The second-order valence-corrected chi connectivity index (χ2v) is 7.30. The van der Waals surface area contributed by atoms with Gasteiger partial charge in [-0.25, -0.2) is 0 Å². The number of rotatable bonds is 3. The van der Waals surface area contributed by atoms with Gasteiger partial charge in [0.15, 0.2) is 0 Å². The number of benzene rings is 1. The summed E-state index contributed by atoms with van der Waals surface area (Å²) < 4.78 is 0. The van der Waals surface area contributed by atoms with Crippen LogP contribution in [0.3, 0.4) is 0 Å². The van der Waals surface area contributed by atoms with E-state index < -0.39 is 17.5 Å². The Morgan fingerprint density at radius 3 is 2.68 bits per heavy atom. The molecule has 0 saturated heterocycles. The zero-order valence-corrected chi connectivity index (χ0v) is 13.4. The molecule has 1 aromatic rings. The maximum absolute atomic E-state index is 12.0. The van der Waals surface area contributed by atoms with Gasteiger partial charge in [-0.15, -0.1) is 0 Å². The number of hydrogen-bond acceptors (Lipinski definition) is 2. The number of halogens is 1. The van der Waals surface area contributed by atoms with E-state index in [2.05, 4.69) is 0 Å². The molecule has 0 radical (unpaired) electrons. The molecule has 0 aromatic heterocycles. The molecule has 4 atom stereocenters. The van der Waals surface area contributed by atoms with E-state index in [0.29, 0.717) is 22.9 Å². The van der Waals surface area contributed by atoms with Crippen molar-refractivity contribution in [2.45, 2.75) is 56.5 Å². The molecule has 2 saturated carbocycles. The third kappa shape index (κ3) is 2.77. The summed E-state index contributed by atoms with van der Waals surface area (Å²) >= 11 is 6.04. The van der Waals surface area contributed by atoms with Crippen molar-refractivity contribution in [1.82, 2.24) is 0 Å². The average Bonchev–Trinajstić information content (AvgIpc) is 2.47. The Bertz CT molecular complexity index is 557. The van der Waals surface area contributed by atoms with Gasteiger partial charge in [0, 0.05) is 5.02 Å². The molecule has 0 amide bonds. The van der Waals surface area contributed by atoms with Crippen molar-refractivity contribution in [3.05, 3.63) is 34.9 Å². The molecule has 3 nitrogen and oxygen atoms in total. The molecule has 2 aliphatic carbocycles. The third-order valence-electron chi connectivity index (χ3n) is 5.63. The highest BCUT2D eigenvalue weighted by Gasteiger charge is 2.52. The van der Waals surface area contributed by atoms with Gasteiger partial charge >= 0.3 is 5.97 Å². The van der Waals surface area contributed by atoms with Crippen LogP contribution in [0.15, 0.2) is 24.3 Å².